The molecule has 0 aliphatic carbocycles. The van der Waals surface area contributed by atoms with Crippen molar-refractivity contribution in [3.05, 3.63) is 53.6 Å². The molecule has 0 spiro atoms. The summed E-state index contributed by atoms with van der Waals surface area (Å²) in [4.78, 5) is 0. The second kappa shape index (κ2) is 5.08. The molecule has 2 aliphatic rings. The molecule has 0 saturated heterocycles. The van der Waals surface area contributed by atoms with E-state index in [0.717, 1.165) is 38.7 Å². The number of hydrogen-bond donors (Lipinski definition) is 0. The third kappa shape index (κ3) is 1.99. The Hall–Kier alpha value is -2.33. The van der Waals surface area contributed by atoms with Crippen molar-refractivity contribution in [1.82, 2.24) is 0 Å². The van der Waals surface area contributed by atoms with Crippen LogP contribution in [0.5, 0.6) is 5.75 Å². The Kier molecular flexibility index (Phi) is 3.22. The Labute approximate surface area is 141 Å². The fraction of sp³-hybridized carbons (Fsp3) is 0.300. The topological polar surface area (TPSA) is 21.7 Å². The molecule has 0 aromatic heterocycles. The van der Waals surface area contributed by atoms with Gasteiger partial charge in [0.25, 0.3) is 0 Å². The molecule has 2 aromatic rings. The number of anilines is 1. The zero-order valence-corrected chi connectivity index (χ0v) is 14.3. The smallest absolute Gasteiger partial charge is 0.227 e. The minimum absolute atomic E-state index is 0.553. The van der Waals surface area contributed by atoms with E-state index < -0.39 is 11.8 Å². The molecule has 0 saturated carbocycles. The lowest BCUT2D eigenvalue weighted by Crippen LogP contribution is -2.39. The van der Waals surface area contributed by atoms with Crippen LogP contribution in [-0.2, 0) is 4.74 Å². The lowest BCUT2D eigenvalue weighted by atomic mass is 9.83. The van der Waals surface area contributed by atoms with Gasteiger partial charge in [0, 0.05) is 23.8 Å². The van der Waals surface area contributed by atoms with Crippen molar-refractivity contribution in [1.29, 1.82) is 0 Å². The molecule has 3 nitrogen and oxygen atoms in total. The van der Waals surface area contributed by atoms with Gasteiger partial charge in [0.1, 0.15) is 5.75 Å². The van der Waals surface area contributed by atoms with Crippen LogP contribution >= 0.6 is 0 Å². The SMILES string of the molecule is COC1Oc2ccccc2-c2ccc3c(c21)C(C)=CC(C)(C)N3F. The molecule has 1 atom stereocenters. The average molecular weight is 325 g/mol. The summed E-state index contributed by atoms with van der Waals surface area (Å²) in [5.41, 5.74) is 4.70. The number of benzene rings is 2. The highest BCUT2D eigenvalue weighted by Crippen LogP contribution is 2.50. The van der Waals surface area contributed by atoms with Gasteiger partial charge in [-0.15, -0.1) is 0 Å². The summed E-state index contributed by atoms with van der Waals surface area (Å²) in [6.45, 7) is 5.73. The van der Waals surface area contributed by atoms with Crippen LogP contribution in [0.4, 0.5) is 10.2 Å². The van der Waals surface area contributed by atoms with Gasteiger partial charge in [0.15, 0.2) is 0 Å². The molecule has 124 valence electrons. The zero-order chi connectivity index (χ0) is 17.1. The van der Waals surface area contributed by atoms with Gasteiger partial charge < -0.3 is 9.47 Å². The summed E-state index contributed by atoms with van der Waals surface area (Å²) in [5, 5.41) is 0.822. The monoisotopic (exact) mass is 325 g/mol. The summed E-state index contributed by atoms with van der Waals surface area (Å²) in [6, 6.07) is 11.7. The highest BCUT2D eigenvalue weighted by molar-refractivity contribution is 5.89. The Morgan fingerprint density at radius 2 is 1.88 bits per heavy atom. The Morgan fingerprint density at radius 3 is 2.62 bits per heavy atom. The minimum atomic E-state index is -0.679. The summed E-state index contributed by atoms with van der Waals surface area (Å²) < 4.78 is 26.5. The van der Waals surface area contributed by atoms with Crippen LogP contribution in [0.3, 0.4) is 0 Å². The van der Waals surface area contributed by atoms with Gasteiger partial charge in [0.2, 0.25) is 6.29 Å². The summed E-state index contributed by atoms with van der Waals surface area (Å²) in [6.07, 6.45) is 1.39. The Bertz CT molecular complexity index is 857. The largest absolute Gasteiger partial charge is 0.460 e. The van der Waals surface area contributed by atoms with E-state index in [1.807, 2.05) is 63.2 Å². The van der Waals surface area contributed by atoms with Gasteiger partial charge in [-0.3, -0.25) is 0 Å². The standard InChI is InChI=1S/C20H20FNO2/c1-12-11-20(2,3)22(21)15-10-9-14-13-7-5-6-8-16(13)24-19(23-4)18(14)17(12)15/h5-11,19H,1-4H3. The number of para-hydroxylation sites is 1. The maximum atomic E-state index is 14.9. The highest BCUT2D eigenvalue weighted by atomic mass is 19.2. The van der Waals surface area contributed by atoms with Crippen LogP contribution in [0.1, 0.15) is 38.2 Å². The van der Waals surface area contributed by atoms with Crippen LogP contribution in [0, 0.1) is 0 Å². The number of ether oxygens (including phenoxy) is 2. The molecule has 0 bridgehead atoms. The fourth-order valence-corrected chi connectivity index (χ4v) is 3.77. The Morgan fingerprint density at radius 1 is 1.12 bits per heavy atom. The first-order valence-electron chi connectivity index (χ1n) is 8.05. The molecule has 0 fully saturated rings. The van der Waals surface area contributed by atoms with E-state index in [9.17, 15) is 4.48 Å². The fourth-order valence-electron chi connectivity index (χ4n) is 3.77. The third-order valence-corrected chi connectivity index (χ3v) is 4.77. The second-order valence-corrected chi connectivity index (χ2v) is 6.86. The molecular formula is C20H20FNO2. The summed E-state index contributed by atoms with van der Waals surface area (Å²) in [5.74, 6) is 0.784. The first-order valence-corrected chi connectivity index (χ1v) is 8.05. The zero-order valence-electron chi connectivity index (χ0n) is 14.3. The number of hydrogen-bond acceptors (Lipinski definition) is 3. The molecule has 4 heteroatoms. The average Bonchev–Trinajstić information content (AvgIpc) is 2.57. The van der Waals surface area contributed by atoms with Crippen molar-refractivity contribution in [2.24, 2.45) is 0 Å². The maximum Gasteiger partial charge on any atom is 0.227 e. The van der Waals surface area contributed by atoms with Crippen molar-refractivity contribution >= 4 is 11.3 Å². The van der Waals surface area contributed by atoms with E-state index in [4.69, 9.17) is 9.47 Å². The first kappa shape index (κ1) is 15.2. The van der Waals surface area contributed by atoms with Crippen molar-refractivity contribution in [2.45, 2.75) is 32.6 Å². The lowest BCUT2D eigenvalue weighted by molar-refractivity contribution is -0.0580. The van der Waals surface area contributed by atoms with Crippen LogP contribution in [-0.4, -0.2) is 12.6 Å². The van der Waals surface area contributed by atoms with Crippen LogP contribution < -0.4 is 9.86 Å². The molecule has 2 aliphatic heterocycles. The number of nitrogens with zero attached hydrogens (tertiary/aromatic N) is 1. The Balaban J connectivity index is 2.04. The minimum Gasteiger partial charge on any atom is -0.460 e. The van der Waals surface area contributed by atoms with Crippen molar-refractivity contribution in [3.8, 4) is 16.9 Å². The molecule has 2 heterocycles. The second-order valence-electron chi connectivity index (χ2n) is 6.86. The third-order valence-electron chi connectivity index (χ3n) is 4.77. The number of methoxy groups -OCH3 is 1. The molecule has 0 amide bonds. The summed E-state index contributed by atoms with van der Waals surface area (Å²) in [7, 11) is 1.61. The van der Waals surface area contributed by atoms with Crippen molar-refractivity contribution < 1.29 is 14.0 Å². The van der Waals surface area contributed by atoms with Gasteiger partial charge in [0.05, 0.1) is 11.2 Å². The van der Waals surface area contributed by atoms with E-state index >= 15 is 0 Å². The quantitative estimate of drug-likeness (QED) is 0.666. The predicted octanol–water partition coefficient (Wildman–Crippen LogP) is 5.28. The molecule has 24 heavy (non-hydrogen) atoms. The van der Waals surface area contributed by atoms with E-state index in [0.29, 0.717) is 5.69 Å². The summed E-state index contributed by atoms with van der Waals surface area (Å²) >= 11 is 0. The van der Waals surface area contributed by atoms with E-state index in [1.54, 1.807) is 7.11 Å². The predicted molar refractivity (Wildman–Crippen MR) is 93.6 cm³/mol. The van der Waals surface area contributed by atoms with Gasteiger partial charge in [-0.1, -0.05) is 34.8 Å². The van der Waals surface area contributed by atoms with E-state index in [1.165, 1.54) is 0 Å². The molecule has 4 rings (SSSR count). The normalized spacial score (nSPS) is 20.5. The molecule has 2 aromatic carbocycles. The molecule has 0 N–H and O–H groups in total. The van der Waals surface area contributed by atoms with Gasteiger partial charge in [-0.2, -0.15) is 0 Å². The van der Waals surface area contributed by atoms with Crippen molar-refractivity contribution in [2.75, 3.05) is 12.2 Å². The van der Waals surface area contributed by atoms with Crippen LogP contribution in [0.2, 0.25) is 0 Å². The number of allylic oxidation sites excluding steroid dienone is 1. The van der Waals surface area contributed by atoms with Gasteiger partial charge >= 0.3 is 0 Å². The van der Waals surface area contributed by atoms with E-state index in [-0.39, 0.29) is 0 Å². The molecule has 0 radical (unpaired) electrons. The van der Waals surface area contributed by atoms with Gasteiger partial charge in [-0.25, -0.2) is 5.12 Å². The number of halogens is 1. The first-order chi connectivity index (χ1) is 11.4. The van der Waals surface area contributed by atoms with Crippen LogP contribution in [0.25, 0.3) is 16.7 Å². The molecule has 1 unspecified atom stereocenters. The number of fused-ring (bicyclic) bond motifs is 5. The highest BCUT2D eigenvalue weighted by Gasteiger charge is 2.37. The van der Waals surface area contributed by atoms with E-state index in [2.05, 4.69) is 0 Å². The van der Waals surface area contributed by atoms with Gasteiger partial charge in [-0.05, 0) is 44.0 Å². The number of rotatable bonds is 1. The van der Waals surface area contributed by atoms with Crippen LogP contribution in [0.15, 0.2) is 42.5 Å². The lowest BCUT2D eigenvalue weighted by Gasteiger charge is -2.39. The van der Waals surface area contributed by atoms with Crippen molar-refractivity contribution in [3.63, 3.8) is 0 Å². The maximum absolute atomic E-state index is 14.9. The molecular weight excluding hydrogens is 305 g/mol.